The Morgan fingerprint density at radius 1 is 1.32 bits per heavy atom. The van der Waals surface area contributed by atoms with Crippen LogP contribution >= 0.6 is 11.6 Å². The van der Waals surface area contributed by atoms with Crippen molar-refractivity contribution in [3.63, 3.8) is 0 Å². The molecule has 0 aliphatic heterocycles. The minimum Gasteiger partial charge on any atom is -0.368 e. The molecule has 1 aromatic heterocycles. The Labute approximate surface area is 115 Å². The number of rotatable bonds is 4. The van der Waals surface area contributed by atoms with Gasteiger partial charge in [0, 0.05) is 12.0 Å². The quantitative estimate of drug-likeness (QED) is 0.931. The third-order valence-electron chi connectivity index (χ3n) is 3.56. The maximum absolute atomic E-state index is 13.9. The standard InChI is InChI=1S/C14H13ClFN3/c15-11-7-17-9-19-13(11)18-8-14(5-6-14)10-3-1-2-4-12(10)16/h1-4,7,9H,5-6,8H2,(H,17,18,19). The van der Waals surface area contributed by atoms with Gasteiger partial charge in [-0.2, -0.15) is 0 Å². The Balaban J connectivity index is 1.77. The summed E-state index contributed by atoms with van der Waals surface area (Å²) in [6, 6.07) is 6.94. The first-order valence-corrected chi connectivity index (χ1v) is 6.53. The first kappa shape index (κ1) is 12.4. The SMILES string of the molecule is Fc1ccccc1C1(CNc2ncncc2Cl)CC1. The van der Waals surface area contributed by atoms with Crippen molar-refractivity contribution in [1.82, 2.24) is 9.97 Å². The number of nitrogens with zero attached hydrogens (tertiary/aromatic N) is 2. The molecule has 1 aromatic carbocycles. The van der Waals surface area contributed by atoms with Gasteiger partial charge in [0.25, 0.3) is 0 Å². The molecule has 98 valence electrons. The van der Waals surface area contributed by atoms with E-state index >= 15 is 0 Å². The van der Waals surface area contributed by atoms with Crippen LogP contribution in [0.2, 0.25) is 5.02 Å². The zero-order valence-corrected chi connectivity index (χ0v) is 11.0. The van der Waals surface area contributed by atoms with Gasteiger partial charge in [-0.15, -0.1) is 0 Å². The largest absolute Gasteiger partial charge is 0.368 e. The minimum absolute atomic E-state index is 0.125. The molecular formula is C14H13ClFN3. The van der Waals surface area contributed by atoms with Gasteiger partial charge in [0.2, 0.25) is 0 Å². The van der Waals surface area contributed by atoms with Crippen molar-refractivity contribution in [3.8, 4) is 0 Å². The highest BCUT2D eigenvalue weighted by atomic mass is 35.5. The molecule has 1 fully saturated rings. The van der Waals surface area contributed by atoms with Crippen molar-refractivity contribution in [2.75, 3.05) is 11.9 Å². The van der Waals surface area contributed by atoms with E-state index in [-0.39, 0.29) is 11.2 Å². The third-order valence-corrected chi connectivity index (χ3v) is 3.84. The molecule has 0 bridgehead atoms. The van der Waals surface area contributed by atoms with E-state index < -0.39 is 0 Å². The number of aromatic nitrogens is 2. The lowest BCUT2D eigenvalue weighted by Gasteiger charge is -2.18. The first-order valence-electron chi connectivity index (χ1n) is 6.16. The van der Waals surface area contributed by atoms with Gasteiger partial charge >= 0.3 is 0 Å². The summed E-state index contributed by atoms with van der Waals surface area (Å²) in [4.78, 5) is 7.91. The molecule has 3 rings (SSSR count). The van der Waals surface area contributed by atoms with E-state index in [1.54, 1.807) is 12.3 Å². The number of halogens is 2. The molecule has 19 heavy (non-hydrogen) atoms. The highest BCUT2D eigenvalue weighted by Crippen LogP contribution is 2.49. The lowest BCUT2D eigenvalue weighted by atomic mass is 9.95. The molecule has 0 spiro atoms. The van der Waals surface area contributed by atoms with E-state index in [0.717, 1.165) is 18.4 Å². The molecule has 1 saturated carbocycles. The lowest BCUT2D eigenvalue weighted by molar-refractivity contribution is 0.578. The molecule has 3 nitrogen and oxygen atoms in total. The molecular weight excluding hydrogens is 265 g/mol. The Kier molecular flexibility index (Phi) is 3.11. The van der Waals surface area contributed by atoms with Crippen molar-refractivity contribution >= 4 is 17.4 Å². The fourth-order valence-electron chi connectivity index (χ4n) is 2.28. The Hall–Kier alpha value is -1.68. The van der Waals surface area contributed by atoms with E-state index in [0.29, 0.717) is 17.4 Å². The summed E-state index contributed by atoms with van der Waals surface area (Å²) in [5.74, 6) is 0.454. The number of hydrogen-bond donors (Lipinski definition) is 1. The fraction of sp³-hybridized carbons (Fsp3) is 0.286. The Morgan fingerprint density at radius 2 is 2.11 bits per heavy atom. The molecule has 1 aliphatic rings. The smallest absolute Gasteiger partial charge is 0.148 e. The topological polar surface area (TPSA) is 37.8 Å². The van der Waals surface area contributed by atoms with Crippen LogP contribution in [0.3, 0.4) is 0 Å². The predicted octanol–water partition coefficient (Wildman–Crippen LogP) is 3.41. The second-order valence-electron chi connectivity index (χ2n) is 4.83. The number of nitrogens with one attached hydrogen (secondary N) is 1. The maximum atomic E-state index is 13.9. The van der Waals surface area contributed by atoms with Crippen molar-refractivity contribution < 1.29 is 4.39 Å². The van der Waals surface area contributed by atoms with Crippen LogP contribution in [0.25, 0.3) is 0 Å². The zero-order chi connectivity index (χ0) is 13.3. The molecule has 0 saturated heterocycles. The van der Waals surface area contributed by atoms with Crippen LogP contribution in [0.5, 0.6) is 0 Å². The van der Waals surface area contributed by atoms with Gasteiger partial charge in [-0.1, -0.05) is 29.8 Å². The molecule has 1 heterocycles. The second kappa shape index (κ2) is 4.78. The summed E-state index contributed by atoms with van der Waals surface area (Å²) in [6.07, 6.45) is 4.93. The van der Waals surface area contributed by atoms with Gasteiger partial charge in [0.05, 0.1) is 6.20 Å². The predicted molar refractivity (Wildman–Crippen MR) is 72.8 cm³/mol. The summed E-state index contributed by atoms with van der Waals surface area (Å²) < 4.78 is 13.9. The summed E-state index contributed by atoms with van der Waals surface area (Å²) in [7, 11) is 0. The molecule has 1 N–H and O–H groups in total. The second-order valence-corrected chi connectivity index (χ2v) is 5.24. The van der Waals surface area contributed by atoms with Gasteiger partial charge < -0.3 is 5.32 Å². The summed E-state index contributed by atoms with van der Waals surface area (Å²) in [5.41, 5.74) is 0.646. The van der Waals surface area contributed by atoms with Gasteiger partial charge in [-0.05, 0) is 24.5 Å². The van der Waals surface area contributed by atoms with E-state index in [2.05, 4.69) is 15.3 Å². The van der Waals surface area contributed by atoms with Crippen molar-refractivity contribution in [1.29, 1.82) is 0 Å². The van der Waals surface area contributed by atoms with E-state index in [9.17, 15) is 4.39 Å². The van der Waals surface area contributed by atoms with Crippen molar-refractivity contribution in [2.24, 2.45) is 0 Å². The van der Waals surface area contributed by atoms with Crippen molar-refractivity contribution in [3.05, 3.63) is 53.2 Å². The average Bonchev–Trinajstić information content (AvgIpc) is 3.19. The monoisotopic (exact) mass is 277 g/mol. The molecule has 0 amide bonds. The normalized spacial score (nSPS) is 16.1. The van der Waals surface area contributed by atoms with Gasteiger partial charge in [-0.25, -0.2) is 14.4 Å². The van der Waals surface area contributed by atoms with Crippen LogP contribution in [0, 0.1) is 5.82 Å². The molecule has 5 heteroatoms. The van der Waals surface area contributed by atoms with Crippen LogP contribution in [0.4, 0.5) is 10.2 Å². The van der Waals surface area contributed by atoms with E-state index in [4.69, 9.17) is 11.6 Å². The molecule has 0 unspecified atom stereocenters. The summed E-state index contributed by atoms with van der Waals surface area (Å²) >= 11 is 5.99. The molecule has 1 aliphatic carbocycles. The van der Waals surface area contributed by atoms with Crippen LogP contribution in [0.15, 0.2) is 36.8 Å². The number of anilines is 1. The minimum atomic E-state index is -0.143. The van der Waals surface area contributed by atoms with E-state index in [1.807, 2.05) is 12.1 Å². The number of hydrogen-bond acceptors (Lipinski definition) is 3. The third kappa shape index (κ3) is 2.40. The van der Waals surface area contributed by atoms with Crippen molar-refractivity contribution in [2.45, 2.75) is 18.3 Å². The van der Waals surface area contributed by atoms with E-state index in [1.165, 1.54) is 12.4 Å². The van der Waals surface area contributed by atoms with Crippen LogP contribution < -0.4 is 5.32 Å². The lowest BCUT2D eigenvalue weighted by Crippen LogP contribution is -2.21. The van der Waals surface area contributed by atoms with Gasteiger partial charge in [-0.3, -0.25) is 0 Å². The van der Waals surface area contributed by atoms with Crippen LogP contribution in [-0.2, 0) is 5.41 Å². The van der Waals surface area contributed by atoms with Crippen LogP contribution in [0.1, 0.15) is 18.4 Å². The first-order chi connectivity index (χ1) is 9.21. The Morgan fingerprint density at radius 3 is 2.79 bits per heavy atom. The fourth-order valence-corrected chi connectivity index (χ4v) is 2.45. The van der Waals surface area contributed by atoms with Gasteiger partial charge in [0.1, 0.15) is 23.0 Å². The average molecular weight is 278 g/mol. The zero-order valence-electron chi connectivity index (χ0n) is 10.2. The highest BCUT2D eigenvalue weighted by molar-refractivity contribution is 6.32. The van der Waals surface area contributed by atoms with Gasteiger partial charge in [0.15, 0.2) is 0 Å². The highest BCUT2D eigenvalue weighted by Gasteiger charge is 2.45. The molecule has 0 atom stereocenters. The number of benzene rings is 1. The summed E-state index contributed by atoms with van der Waals surface area (Å²) in [5, 5.41) is 3.67. The summed E-state index contributed by atoms with van der Waals surface area (Å²) in [6.45, 7) is 0.630. The van der Waals surface area contributed by atoms with Crippen LogP contribution in [-0.4, -0.2) is 16.5 Å². The molecule has 0 radical (unpaired) electrons. The maximum Gasteiger partial charge on any atom is 0.148 e. The Bertz CT molecular complexity index is 599. The molecule has 2 aromatic rings.